The Hall–Kier alpha value is -2.36. The molecule has 3 N–H and O–H groups in total. The molecule has 1 aliphatic rings. The molecule has 0 saturated heterocycles. The zero-order valence-electron chi connectivity index (χ0n) is 13.5. The molecule has 0 spiro atoms. The maximum absolute atomic E-state index is 11.5. The molecule has 26 heavy (non-hydrogen) atoms. The van der Waals surface area contributed by atoms with Crippen molar-refractivity contribution in [2.24, 2.45) is 5.14 Å². The maximum atomic E-state index is 11.5. The van der Waals surface area contributed by atoms with Crippen molar-refractivity contribution >= 4 is 33.0 Å². The summed E-state index contributed by atoms with van der Waals surface area (Å²) < 4.78 is 28.6. The summed E-state index contributed by atoms with van der Waals surface area (Å²) in [6, 6.07) is 8.53. The number of halogens is 1. The number of sulfonamides is 1. The van der Waals surface area contributed by atoms with Gasteiger partial charge in [-0.15, -0.1) is 0 Å². The molecule has 0 saturated carbocycles. The van der Waals surface area contributed by atoms with Gasteiger partial charge in [0.05, 0.1) is 22.5 Å². The quantitative estimate of drug-likeness (QED) is 0.602. The Labute approximate surface area is 155 Å². The molecule has 0 aliphatic carbocycles. The normalized spacial score (nSPS) is 16.9. The van der Waals surface area contributed by atoms with Crippen LogP contribution in [0.2, 0.25) is 5.02 Å². The first kappa shape index (κ1) is 18.4. The van der Waals surface area contributed by atoms with E-state index in [0.29, 0.717) is 23.8 Å². The van der Waals surface area contributed by atoms with Crippen molar-refractivity contribution in [2.45, 2.75) is 23.8 Å². The summed E-state index contributed by atoms with van der Waals surface area (Å²) in [7, 11) is -4.03. The number of benzene rings is 2. The lowest BCUT2D eigenvalue weighted by Gasteiger charge is -2.20. The van der Waals surface area contributed by atoms with Gasteiger partial charge < -0.3 is 10.1 Å². The van der Waals surface area contributed by atoms with Gasteiger partial charge in [0.1, 0.15) is 11.4 Å². The number of nitro groups is 1. The first-order chi connectivity index (χ1) is 12.3. The zero-order chi connectivity index (χ0) is 18.9. The van der Waals surface area contributed by atoms with Crippen LogP contribution in [0.1, 0.15) is 24.4 Å². The van der Waals surface area contributed by atoms with E-state index < -0.39 is 14.9 Å². The molecule has 1 unspecified atom stereocenters. The Balaban J connectivity index is 2.00. The number of hydrogen-bond donors (Lipinski definition) is 2. The zero-order valence-corrected chi connectivity index (χ0v) is 15.1. The van der Waals surface area contributed by atoms with Gasteiger partial charge in [-0.3, -0.25) is 10.1 Å². The van der Waals surface area contributed by atoms with E-state index in [1.165, 1.54) is 12.1 Å². The van der Waals surface area contributed by atoms with Crippen LogP contribution in [0.25, 0.3) is 0 Å². The third kappa shape index (κ3) is 3.90. The van der Waals surface area contributed by atoms with E-state index in [2.05, 4.69) is 5.32 Å². The van der Waals surface area contributed by atoms with Crippen LogP contribution >= 0.6 is 11.6 Å². The molecular weight excluding hydrogens is 382 g/mol. The second-order valence-corrected chi connectivity index (χ2v) is 7.85. The van der Waals surface area contributed by atoms with Crippen molar-refractivity contribution in [1.29, 1.82) is 0 Å². The molecule has 10 heteroatoms. The number of nitro benzene ring substituents is 1. The Bertz CT molecular complexity index is 964. The van der Waals surface area contributed by atoms with Crippen LogP contribution in [0, 0.1) is 10.1 Å². The number of rotatable bonds is 4. The van der Waals surface area contributed by atoms with Crippen molar-refractivity contribution in [2.75, 3.05) is 11.9 Å². The second-order valence-electron chi connectivity index (χ2n) is 5.85. The summed E-state index contributed by atoms with van der Waals surface area (Å²) >= 11 is 6.01. The molecule has 1 atom stereocenters. The van der Waals surface area contributed by atoms with Crippen molar-refractivity contribution in [1.82, 2.24) is 0 Å². The van der Waals surface area contributed by atoms with Crippen LogP contribution < -0.4 is 15.2 Å². The standard InChI is InChI=1S/C16H16ClN3O5S/c17-10-3-5-12-13(2-1-7-25-16(12)8-10)19-14-6-4-11(26(18,23)24)9-15(14)20(21)22/h3-6,8-9,13,19H,1-2,7H2,(H2,18,23,24). The highest BCUT2D eigenvalue weighted by molar-refractivity contribution is 7.89. The van der Waals surface area contributed by atoms with Gasteiger partial charge in [0.2, 0.25) is 10.0 Å². The van der Waals surface area contributed by atoms with Crippen molar-refractivity contribution in [3.05, 3.63) is 57.1 Å². The van der Waals surface area contributed by atoms with Crippen LogP contribution in [0.4, 0.5) is 11.4 Å². The molecule has 0 aromatic heterocycles. The average molecular weight is 398 g/mol. The molecule has 0 bridgehead atoms. The molecule has 138 valence electrons. The highest BCUT2D eigenvalue weighted by Crippen LogP contribution is 2.38. The number of hydrogen-bond acceptors (Lipinski definition) is 6. The molecule has 3 rings (SSSR count). The number of primary sulfonamides is 1. The second kappa shape index (κ2) is 7.10. The van der Waals surface area contributed by atoms with E-state index in [4.69, 9.17) is 21.5 Å². The monoisotopic (exact) mass is 397 g/mol. The first-order valence-corrected chi connectivity index (χ1v) is 9.68. The highest BCUT2D eigenvalue weighted by Gasteiger charge is 2.24. The lowest BCUT2D eigenvalue weighted by molar-refractivity contribution is -0.384. The van der Waals surface area contributed by atoms with Gasteiger partial charge in [-0.1, -0.05) is 17.7 Å². The summed E-state index contributed by atoms with van der Waals surface area (Å²) in [5.74, 6) is 0.622. The van der Waals surface area contributed by atoms with Crippen LogP contribution in [0.5, 0.6) is 5.75 Å². The van der Waals surface area contributed by atoms with E-state index in [-0.39, 0.29) is 22.3 Å². The number of ether oxygens (including phenoxy) is 1. The molecular formula is C16H16ClN3O5S. The first-order valence-electron chi connectivity index (χ1n) is 7.76. The van der Waals surface area contributed by atoms with E-state index >= 15 is 0 Å². The molecule has 8 nitrogen and oxygen atoms in total. The third-order valence-electron chi connectivity index (χ3n) is 4.07. The summed E-state index contributed by atoms with van der Waals surface area (Å²) in [6.07, 6.45) is 1.43. The fourth-order valence-corrected chi connectivity index (χ4v) is 3.54. The molecule has 1 aliphatic heterocycles. The van der Waals surface area contributed by atoms with Gasteiger partial charge in [-0.05, 0) is 37.1 Å². The van der Waals surface area contributed by atoms with E-state index in [9.17, 15) is 18.5 Å². The number of anilines is 1. The Morgan fingerprint density at radius 3 is 2.73 bits per heavy atom. The number of fused-ring (bicyclic) bond motifs is 1. The number of nitrogens with two attached hydrogens (primary N) is 1. The maximum Gasteiger partial charge on any atom is 0.293 e. The molecule has 0 fully saturated rings. The fraction of sp³-hybridized carbons (Fsp3) is 0.250. The predicted molar refractivity (Wildman–Crippen MR) is 97.0 cm³/mol. The van der Waals surface area contributed by atoms with E-state index in [0.717, 1.165) is 18.1 Å². The van der Waals surface area contributed by atoms with Crippen LogP contribution in [-0.4, -0.2) is 19.9 Å². The SMILES string of the molecule is NS(=O)(=O)c1ccc(NC2CCCOc3cc(Cl)ccc32)c([N+](=O)[O-])c1. The van der Waals surface area contributed by atoms with Gasteiger partial charge in [0.25, 0.3) is 5.69 Å². The third-order valence-corrected chi connectivity index (χ3v) is 5.22. The Morgan fingerprint density at radius 2 is 2.04 bits per heavy atom. The predicted octanol–water partition coefficient (Wildman–Crippen LogP) is 3.22. The Morgan fingerprint density at radius 1 is 1.27 bits per heavy atom. The van der Waals surface area contributed by atoms with Crippen LogP contribution in [0.15, 0.2) is 41.3 Å². The molecule has 0 amide bonds. The molecule has 0 radical (unpaired) electrons. The molecule has 2 aromatic rings. The van der Waals surface area contributed by atoms with Crippen LogP contribution in [-0.2, 0) is 10.0 Å². The summed E-state index contributed by atoms with van der Waals surface area (Å²) in [5, 5.41) is 20.1. The lowest BCUT2D eigenvalue weighted by Crippen LogP contribution is -2.14. The fourth-order valence-electron chi connectivity index (χ4n) is 2.85. The van der Waals surface area contributed by atoms with Crippen molar-refractivity contribution in [3.8, 4) is 5.75 Å². The smallest absolute Gasteiger partial charge is 0.293 e. The minimum atomic E-state index is -4.03. The number of nitrogens with one attached hydrogen (secondary N) is 1. The van der Waals surface area contributed by atoms with Crippen LogP contribution in [0.3, 0.4) is 0 Å². The minimum Gasteiger partial charge on any atom is -0.493 e. The summed E-state index contributed by atoms with van der Waals surface area (Å²) in [6.45, 7) is 0.512. The van der Waals surface area contributed by atoms with Gasteiger partial charge in [0.15, 0.2) is 0 Å². The van der Waals surface area contributed by atoms with Gasteiger partial charge in [-0.25, -0.2) is 13.6 Å². The van der Waals surface area contributed by atoms with E-state index in [1.807, 2.05) is 6.07 Å². The highest BCUT2D eigenvalue weighted by atomic mass is 35.5. The van der Waals surface area contributed by atoms with Gasteiger partial charge in [-0.2, -0.15) is 0 Å². The van der Waals surface area contributed by atoms with E-state index in [1.54, 1.807) is 12.1 Å². The topological polar surface area (TPSA) is 125 Å². The van der Waals surface area contributed by atoms with Crippen molar-refractivity contribution < 1.29 is 18.1 Å². The van der Waals surface area contributed by atoms with Crippen molar-refractivity contribution in [3.63, 3.8) is 0 Å². The molecule has 2 aromatic carbocycles. The summed E-state index contributed by atoms with van der Waals surface area (Å²) in [4.78, 5) is 10.4. The number of nitrogens with zero attached hydrogens (tertiary/aromatic N) is 1. The molecule has 1 heterocycles. The van der Waals surface area contributed by atoms with Gasteiger partial charge in [0, 0.05) is 16.7 Å². The van der Waals surface area contributed by atoms with Gasteiger partial charge >= 0.3 is 0 Å². The Kier molecular flexibility index (Phi) is 5.03. The lowest BCUT2D eigenvalue weighted by atomic mass is 10.0. The summed E-state index contributed by atoms with van der Waals surface area (Å²) in [5.41, 5.74) is 0.670. The average Bonchev–Trinajstić information content (AvgIpc) is 2.76. The largest absolute Gasteiger partial charge is 0.493 e. The minimum absolute atomic E-state index is 0.204.